The number of nitrogens with one attached hydrogen (secondary N) is 1. The van der Waals surface area contributed by atoms with Crippen LogP contribution in [-0.4, -0.2) is 43.3 Å². The minimum atomic E-state index is -3.80. The number of carbonyl (C=O) groups excluding carboxylic acids is 1. The van der Waals surface area contributed by atoms with E-state index in [1.165, 1.54) is 23.9 Å². The smallest absolute Gasteiger partial charge is 0.238 e. The highest BCUT2D eigenvalue weighted by Crippen LogP contribution is 2.26. The number of hydrogen-bond donors (Lipinski definition) is 2. The first kappa shape index (κ1) is 23.1. The highest BCUT2D eigenvalue weighted by Gasteiger charge is 2.16. The van der Waals surface area contributed by atoms with E-state index in [2.05, 4.69) is 10.3 Å². The van der Waals surface area contributed by atoms with Crippen LogP contribution in [0.15, 0.2) is 52.5 Å². The number of methoxy groups -OCH3 is 1. The average Bonchev–Trinajstić information content (AvgIpc) is 3.09. The van der Waals surface area contributed by atoms with Gasteiger partial charge in [0.05, 0.1) is 28.8 Å². The molecule has 0 spiro atoms. The van der Waals surface area contributed by atoms with Gasteiger partial charge in [0.1, 0.15) is 5.75 Å². The van der Waals surface area contributed by atoms with Gasteiger partial charge < -0.3 is 14.6 Å². The van der Waals surface area contributed by atoms with E-state index in [9.17, 15) is 13.2 Å². The zero-order valence-electron chi connectivity index (χ0n) is 17.5. The first-order valence-electron chi connectivity index (χ1n) is 9.87. The normalized spacial score (nSPS) is 11.6. The van der Waals surface area contributed by atoms with E-state index in [1.54, 1.807) is 13.2 Å². The molecule has 0 aliphatic rings. The van der Waals surface area contributed by atoms with Gasteiger partial charge in [0.15, 0.2) is 5.16 Å². The molecular weight excluding hydrogens is 436 g/mol. The van der Waals surface area contributed by atoms with E-state index >= 15 is 0 Å². The Morgan fingerprint density at radius 3 is 2.61 bits per heavy atom. The third kappa shape index (κ3) is 5.99. The van der Waals surface area contributed by atoms with Crippen molar-refractivity contribution in [2.45, 2.75) is 36.4 Å². The highest BCUT2D eigenvalue weighted by atomic mass is 32.2. The van der Waals surface area contributed by atoms with Crippen molar-refractivity contribution in [2.24, 2.45) is 5.14 Å². The van der Waals surface area contributed by atoms with Crippen LogP contribution in [0.4, 0.5) is 0 Å². The molecule has 0 saturated carbocycles. The van der Waals surface area contributed by atoms with Gasteiger partial charge >= 0.3 is 0 Å². The van der Waals surface area contributed by atoms with Crippen LogP contribution >= 0.6 is 11.8 Å². The minimum Gasteiger partial charge on any atom is -0.497 e. The fourth-order valence-corrected chi connectivity index (χ4v) is 4.54. The summed E-state index contributed by atoms with van der Waals surface area (Å²) < 4.78 is 30.4. The van der Waals surface area contributed by atoms with Gasteiger partial charge in [0.2, 0.25) is 15.9 Å². The number of nitrogens with two attached hydrogens (primary N) is 1. The van der Waals surface area contributed by atoms with Gasteiger partial charge in [-0.2, -0.15) is 0 Å². The number of benzene rings is 2. The topological polar surface area (TPSA) is 116 Å². The van der Waals surface area contributed by atoms with Crippen molar-refractivity contribution in [3.05, 3.63) is 48.0 Å². The van der Waals surface area contributed by atoms with E-state index in [1.807, 2.05) is 35.8 Å². The van der Waals surface area contributed by atoms with E-state index in [0.29, 0.717) is 23.8 Å². The lowest BCUT2D eigenvalue weighted by atomic mass is 10.1. The summed E-state index contributed by atoms with van der Waals surface area (Å²) in [5, 5.41) is 8.82. The summed E-state index contributed by atoms with van der Waals surface area (Å²) in [7, 11) is -2.17. The molecule has 1 heterocycles. The van der Waals surface area contributed by atoms with E-state index < -0.39 is 10.0 Å². The maximum Gasteiger partial charge on any atom is 0.238 e. The second-order valence-corrected chi connectivity index (χ2v) is 9.48. The largest absolute Gasteiger partial charge is 0.497 e. The molecule has 10 heteroatoms. The predicted molar refractivity (Wildman–Crippen MR) is 122 cm³/mol. The molecule has 8 nitrogen and oxygen atoms in total. The van der Waals surface area contributed by atoms with Gasteiger partial charge in [-0.1, -0.05) is 30.8 Å². The third-order valence-corrected chi connectivity index (χ3v) is 6.58. The van der Waals surface area contributed by atoms with Gasteiger partial charge in [-0.05, 0) is 48.7 Å². The van der Waals surface area contributed by atoms with E-state index in [-0.39, 0.29) is 16.6 Å². The molecular formula is C21H26N4O4S2. The zero-order chi connectivity index (χ0) is 22.4. The monoisotopic (exact) mass is 462 g/mol. The summed E-state index contributed by atoms with van der Waals surface area (Å²) in [6.07, 6.45) is 1.61. The fraction of sp³-hybridized carbons (Fsp3) is 0.333. The molecule has 3 N–H and O–H groups in total. The molecule has 0 saturated heterocycles. The SMILES string of the molecule is CCCn1c(SCC(=O)NCCc2ccc(OC)cc2)nc2cc(S(N)(=O)=O)ccc21. The van der Waals surface area contributed by atoms with Crippen molar-refractivity contribution >= 4 is 38.7 Å². The Labute approximate surface area is 186 Å². The van der Waals surface area contributed by atoms with Crippen LogP contribution in [0.25, 0.3) is 11.0 Å². The second-order valence-electron chi connectivity index (χ2n) is 6.98. The Morgan fingerprint density at radius 1 is 1.23 bits per heavy atom. The molecule has 3 rings (SSSR count). The Hall–Kier alpha value is -2.56. The number of aromatic nitrogens is 2. The van der Waals surface area contributed by atoms with Gasteiger partial charge in [-0.25, -0.2) is 18.5 Å². The average molecular weight is 463 g/mol. The summed E-state index contributed by atoms with van der Waals surface area (Å²) in [5.41, 5.74) is 2.48. The van der Waals surface area contributed by atoms with E-state index in [4.69, 9.17) is 9.88 Å². The van der Waals surface area contributed by atoms with Crippen molar-refractivity contribution in [3.8, 4) is 5.75 Å². The number of hydrogen-bond acceptors (Lipinski definition) is 6. The zero-order valence-corrected chi connectivity index (χ0v) is 19.1. The predicted octanol–water partition coefficient (Wildman–Crippen LogP) is 2.55. The lowest BCUT2D eigenvalue weighted by molar-refractivity contribution is -0.118. The first-order chi connectivity index (χ1) is 14.8. The van der Waals surface area contributed by atoms with Gasteiger partial charge in [-0.3, -0.25) is 4.79 Å². The van der Waals surface area contributed by atoms with Crippen LogP contribution in [0.2, 0.25) is 0 Å². The van der Waals surface area contributed by atoms with Gasteiger partial charge in [-0.15, -0.1) is 0 Å². The van der Waals surface area contributed by atoms with Crippen molar-refractivity contribution in [3.63, 3.8) is 0 Å². The molecule has 3 aromatic rings. The fourth-order valence-electron chi connectivity index (χ4n) is 3.13. The molecule has 31 heavy (non-hydrogen) atoms. The van der Waals surface area contributed by atoms with Crippen molar-refractivity contribution in [1.29, 1.82) is 0 Å². The number of imidazole rings is 1. The molecule has 0 bridgehead atoms. The quantitative estimate of drug-likeness (QED) is 0.447. The molecule has 0 atom stereocenters. The lowest BCUT2D eigenvalue weighted by Crippen LogP contribution is -2.27. The number of amides is 1. The van der Waals surface area contributed by atoms with Crippen LogP contribution < -0.4 is 15.2 Å². The van der Waals surface area contributed by atoms with Gasteiger partial charge in [0, 0.05) is 13.1 Å². The summed E-state index contributed by atoms with van der Waals surface area (Å²) in [4.78, 5) is 16.8. The van der Waals surface area contributed by atoms with Gasteiger partial charge in [0.25, 0.3) is 0 Å². The molecule has 0 aliphatic heterocycles. The number of sulfonamides is 1. The summed E-state index contributed by atoms with van der Waals surface area (Å²) in [6, 6.07) is 12.4. The van der Waals surface area contributed by atoms with Crippen LogP contribution in [0.5, 0.6) is 5.75 Å². The number of rotatable bonds is 10. The number of primary sulfonamides is 1. The Kier molecular flexibility index (Phi) is 7.58. The minimum absolute atomic E-state index is 0.0222. The Bertz CT molecular complexity index is 1160. The number of nitrogens with zero attached hydrogens (tertiary/aromatic N) is 2. The molecule has 1 aromatic heterocycles. The molecule has 2 aromatic carbocycles. The number of carbonyl (C=O) groups is 1. The van der Waals surface area contributed by atoms with Crippen molar-refractivity contribution in [1.82, 2.24) is 14.9 Å². The maximum absolute atomic E-state index is 12.3. The molecule has 0 unspecified atom stereocenters. The summed E-state index contributed by atoms with van der Waals surface area (Å²) in [6.45, 7) is 3.30. The molecule has 0 aliphatic carbocycles. The van der Waals surface area contributed by atoms with E-state index in [0.717, 1.165) is 29.7 Å². The number of thioether (sulfide) groups is 1. The highest BCUT2D eigenvalue weighted by molar-refractivity contribution is 7.99. The second kappa shape index (κ2) is 10.2. The maximum atomic E-state index is 12.3. The molecule has 166 valence electrons. The molecule has 0 fully saturated rings. The standard InChI is InChI=1S/C21H26N4O4S2/c1-3-12-25-19-9-8-17(31(22,27)28)13-18(19)24-21(25)30-14-20(26)23-11-10-15-4-6-16(29-2)7-5-15/h4-9,13H,3,10-12,14H2,1-2H3,(H,23,26)(H2,22,27,28). The van der Waals surface area contributed by atoms with Crippen LogP contribution in [0, 0.1) is 0 Å². The summed E-state index contributed by atoms with van der Waals surface area (Å²) >= 11 is 1.33. The Morgan fingerprint density at radius 2 is 1.97 bits per heavy atom. The molecule has 0 radical (unpaired) electrons. The van der Waals surface area contributed by atoms with Crippen LogP contribution in [0.1, 0.15) is 18.9 Å². The lowest BCUT2D eigenvalue weighted by Gasteiger charge is -2.08. The molecule has 1 amide bonds. The third-order valence-electron chi connectivity index (χ3n) is 4.69. The number of ether oxygens (including phenoxy) is 1. The van der Waals surface area contributed by atoms with Crippen molar-refractivity contribution in [2.75, 3.05) is 19.4 Å². The summed E-state index contributed by atoms with van der Waals surface area (Å²) in [5.74, 6) is 0.937. The number of aryl methyl sites for hydroxylation is 1. The Balaban J connectivity index is 1.62. The van der Waals surface area contributed by atoms with Crippen molar-refractivity contribution < 1.29 is 17.9 Å². The van der Waals surface area contributed by atoms with Crippen LogP contribution in [-0.2, 0) is 27.8 Å². The number of fused-ring (bicyclic) bond motifs is 1. The van der Waals surface area contributed by atoms with Crippen LogP contribution in [0.3, 0.4) is 0 Å². The first-order valence-corrected chi connectivity index (χ1v) is 12.4.